The Balaban J connectivity index is 1.52. The first-order valence-electron chi connectivity index (χ1n) is 7.14. The van der Waals surface area contributed by atoms with Crippen molar-refractivity contribution in [3.05, 3.63) is 47.1 Å². The molecule has 0 spiro atoms. The summed E-state index contributed by atoms with van der Waals surface area (Å²) in [6, 6.07) is 3.72. The summed E-state index contributed by atoms with van der Waals surface area (Å²) in [6.07, 6.45) is 2.21. The second-order valence-corrected chi connectivity index (χ2v) is 6.03. The third kappa shape index (κ3) is 2.23. The minimum atomic E-state index is -0.593. The molecule has 2 aromatic rings. The van der Waals surface area contributed by atoms with Crippen molar-refractivity contribution >= 4 is 0 Å². The maximum absolute atomic E-state index is 13.6. The van der Waals surface area contributed by atoms with Gasteiger partial charge in [0, 0.05) is 24.4 Å². The smallest absolute Gasteiger partial charge is 0.230 e. The molecule has 4 nitrogen and oxygen atoms in total. The van der Waals surface area contributed by atoms with Crippen molar-refractivity contribution in [2.24, 2.45) is 17.6 Å². The molecule has 0 bridgehead atoms. The lowest BCUT2D eigenvalue weighted by atomic mass is 10.0. The summed E-state index contributed by atoms with van der Waals surface area (Å²) < 4.78 is 31.8. The molecule has 2 fully saturated rings. The molecule has 0 amide bonds. The van der Waals surface area contributed by atoms with Gasteiger partial charge >= 0.3 is 0 Å². The lowest BCUT2D eigenvalue weighted by Gasteiger charge is -2.07. The van der Waals surface area contributed by atoms with Gasteiger partial charge in [-0.1, -0.05) is 11.2 Å². The quantitative estimate of drug-likeness (QED) is 0.943. The minimum absolute atomic E-state index is 0.197. The van der Waals surface area contributed by atoms with Gasteiger partial charge in [-0.05, 0) is 36.3 Å². The number of fused-ring (bicyclic) bond motifs is 1. The largest absolute Gasteiger partial charge is 0.339 e. The summed E-state index contributed by atoms with van der Waals surface area (Å²) in [5.74, 6) is 1.25. The van der Waals surface area contributed by atoms with Gasteiger partial charge < -0.3 is 10.3 Å². The zero-order valence-electron chi connectivity index (χ0n) is 11.3. The Morgan fingerprint density at radius 3 is 2.76 bits per heavy atom. The molecule has 6 heteroatoms. The van der Waals surface area contributed by atoms with Gasteiger partial charge in [0.2, 0.25) is 5.89 Å². The van der Waals surface area contributed by atoms with Crippen molar-refractivity contribution < 1.29 is 13.3 Å². The topological polar surface area (TPSA) is 64.9 Å². The first-order chi connectivity index (χ1) is 10.1. The van der Waals surface area contributed by atoms with Crippen LogP contribution < -0.4 is 5.73 Å². The Morgan fingerprint density at radius 2 is 2.10 bits per heavy atom. The van der Waals surface area contributed by atoms with Gasteiger partial charge in [-0.3, -0.25) is 0 Å². The van der Waals surface area contributed by atoms with Gasteiger partial charge in [-0.25, -0.2) is 8.78 Å². The molecule has 0 radical (unpaired) electrons. The van der Waals surface area contributed by atoms with Crippen LogP contribution in [0.25, 0.3) is 0 Å². The number of nitrogens with two attached hydrogens (primary N) is 1. The monoisotopic (exact) mass is 291 g/mol. The highest BCUT2D eigenvalue weighted by Crippen LogP contribution is 2.58. The fourth-order valence-electron chi connectivity index (χ4n) is 3.44. The second kappa shape index (κ2) is 4.59. The van der Waals surface area contributed by atoms with E-state index < -0.39 is 11.6 Å². The van der Waals surface area contributed by atoms with Crippen molar-refractivity contribution in [2.75, 3.05) is 0 Å². The van der Waals surface area contributed by atoms with Crippen LogP contribution in [0.4, 0.5) is 8.78 Å². The van der Waals surface area contributed by atoms with E-state index in [1.54, 1.807) is 0 Å². The number of aromatic nitrogens is 2. The van der Waals surface area contributed by atoms with Crippen LogP contribution in [-0.4, -0.2) is 16.2 Å². The molecule has 1 aromatic heterocycles. The van der Waals surface area contributed by atoms with Crippen LogP contribution in [0.5, 0.6) is 0 Å². The predicted molar refractivity (Wildman–Crippen MR) is 70.4 cm³/mol. The molecule has 4 atom stereocenters. The zero-order valence-corrected chi connectivity index (χ0v) is 11.3. The van der Waals surface area contributed by atoms with E-state index in [4.69, 9.17) is 10.3 Å². The normalized spacial score (nSPS) is 30.4. The van der Waals surface area contributed by atoms with Gasteiger partial charge in [0.25, 0.3) is 0 Å². The maximum Gasteiger partial charge on any atom is 0.230 e. The molecule has 21 heavy (non-hydrogen) atoms. The van der Waals surface area contributed by atoms with E-state index >= 15 is 0 Å². The average molecular weight is 291 g/mol. The number of hydrogen-bond acceptors (Lipinski definition) is 4. The summed E-state index contributed by atoms with van der Waals surface area (Å²) in [5.41, 5.74) is 6.39. The molecule has 2 saturated carbocycles. The molecular formula is C15H15F2N3O. The Bertz CT molecular complexity index is 687. The first kappa shape index (κ1) is 12.9. The van der Waals surface area contributed by atoms with Crippen molar-refractivity contribution in [1.82, 2.24) is 10.1 Å². The molecule has 2 aliphatic carbocycles. The highest BCUT2D eigenvalue weighted by molar-refractivity contribution is 5.22. The molecular weight excluding hydrogens is 276 g/mol. The number of rotatable bonds is 3. The van der Waals surface area contributed by atoms with E-state index in [2.05, 4.69) is 10.1 Å². The van der Waals surface area contributed by atoms with Crippen molar-refractivity contribution in [3.8, 4) is 0 Å². The minimum Gasteiger partial charge on any atom is -0.339 e. The molecule has 1 aromatic carbocycles. The summed E-state index contributed by atoms with van der Waals surface area (Å²) in [5, 5.41) is 3.91. The molecule has 2 N–H and O–H groups in total. The van der Waals surface area contributed by atoms with E-state index in [1.807, 2.05) is 0 Å². The molecule has 0 saturated heterocycles. The molecule has 0 aliphatic heterocycles. The van der Waals surface area contributed by atoms with Crippen LogP contribution in [0, 0.1) is 23.5 Å². The lowest BCUT2D eigenvalue weighted by molar-refractivity contribution is 0.338. The fourth-order valence-corrected chi connectivity index (χ4v) is 3.44. The van der Waals surface area contributed by atoms with Crippen LogP contribution in [0.1, 0.15) is 36.0 Å². The van der Waals surface area contributed by atoms with Crippen LogP contribution in [0.15, 0.2) is 22.7 Å². The fraction of sp³-hybridized carbons (Fsp3) is 0.467. The maximum atomic E-state index is 13.6. The Hall–Kier alpha value is -1.82. The van der Waals surface area contributed by atoms with Crippen LogP contribution in [-0.2, 0) is 6.42 Å². The SMILES string of the molecule is N[C@@H]1C[C@H](c2nc(Cc3ccc(F)cc3F)no2)[C@H]2C[C@H]21. The van der Waals surface area contributed by atoms with Crippen molar-refractivity contribution in [2.45, 2.75) is 31.2 Å². The Morgan fingerprint density at radius 1 is 1.24 bits per heavy atom. The third-order valence-corrected chi connectivity index (χ3v) is 4.65. The summed E-state index contributed by atoms with van der Waals surface area (Å²) in [4.78, 5) is 4.37. The number of benzene rings is 1. The van der Waals surface area contributed by atoms with Gasteiger partial charge in [-0.15, -0.1) is 0 Å². The highest BCUT2D eigenvalue weighted by atomic mass is 19.1. The van der Waals surface area contributed by atoms with Crippen LogP contribution in [0.2, 0.25) is 0 Å². The highest BCUT2D eigenvalue weighted by Gasteiger charge is 2.55. The van der Waals surface area contributed by atoms with E-state index in [9.17, 15) is 8.78 Å². The standard InChI is InChI=1S/C15H15F2N3O/c16-8-2-1-7(12(17)4-8)3-14-19-15(21-20-14)11-6-13(18)10-5-9(10)11/h1-2,4,9-11,13H,3,5-6,18H2/t9-,10+,11-,13+/m0/s1. The van der Waals surface area contributed by atoms with E-state index in [0.29, 0.717) is 29.1 Å². The molecule has 0 unspecified atom stereocenters. The Kier molecular flexibility index (Phi) is 2.82. The van der Waals surface area contributed by atoms with Crippen LogP contribution >= 0.6 is 0 Å². The summed E-state index contributed by atoms with van der Waals surface area (Å²) >= 11 is 0. The molecule has 110 valence electrons. The number of halogens is 2. The average Bonchev–Trinajstić information content (AvgIpc) is 2.99. The Labute approximate surface area is 120 Å². The number of hydrogen-bond donors (Lipinski definition) is 1. The van der Waals surface area contributed by atoms with Crippen molar-refractivity contribution in [3.63, 3.8) is 0 Å². The van der Waals surface area contributed by atoms with E-state index in [1.165, 1.54) is 12.1 Å². The van der Waals surface area contributed by atoms with Crippen molar-refractivity contribution in [1.29, 1.82) is 0 Å². The molecule has 1 heterocycles. The molecule has 2 aliphatic rings. The summed E-state index contributed by atoms with van der Waals surface area (Å²) in [6.45, 7) is 0. The zero-order chi connectivity index (χ0) is 14.6. The molecule has 4 rings (SSSR count). The van der Waals surface area contributed by atoms with Gasteiger partial charge in [-0.2, -0.15) is 4.98 Å². The van der Waals surface area contributed by atoms with E-state index in [-0.39, 0.29) is 18.4 Å². The first-order valence-corrected chi connectivity index (χ1v) is 7.14. The second-order valence-electron chi connectivity index (χ2n) is 6.03. The van der Waals surface area contributed by atoms with Gasteiger partial charge in [0.15, 0.2) is 5.82 Å². The van der Waals surface area contributed by atoms with Crippen LogP contribution in [0.3, 0.4) is 0 Å². The third-order valence-electron chi connectivity index (χ3n) is 4.65. The summed E-state index contributed by atoms with van der Waals surface area (Å²) in [7, 11) is 0. The van der Waals surface area contributed by atoms with E-state index in [0.717, 1.165) is 18.9 Å². The predicted octanol–water partition coefficient (Wildman–Crippen LogP) is 2.39. The van der Waals surface area contributed by atoms with Gasteiger partial charge in [0.1, 0.15) is 11.6 Å². The van der Waals surface area contributed by atoms with Gasteiger partial charge in [0.05, 0.1) is 0 Å². The lowest BCUT2D eigenvalue weighted by Crippen LogP contribution is -2.19. The number of nitrogens with zero attached hydrogens (tertiary/aromatic N) is 2.